The number of hydrogen-bond acceptors (Lipinski definition) is 4. The van der Waals surface area contributed by atoms with E-state index in [0.29, 0.717) is 24.3 Å². The molecular formula is C18H25NO5. The fourth-order valence-corrected chi connectivity index (χ4v) is 3.32. The van der Waals surface area contributed by atoms with E-state index in [2.05, 4.69) is 5.32 Å². The van der Waals surface area contributed by atoms with Gasteiger partial charge >= 0.3 is 5.97 Å². The zero-order valence-electron chi connectivity index (χ0n) is 14.4. The van der Waals surface area contributed by atoms with Crippen LogP contribution in [0.5, 0.6) is 11.5 Å². The summed E-state index contributed by atoms with van der Waals surface area (Å²) < 4.78 is 10.6. The van der Waals surface area contributed by atoms with Crippen molar-refractivity contribution in [1.82, 2.24) is 5.32 Å². The van der Waals surface area contributed by atoms with Gasteiger partial charge in [-0.05, 0) is 38.0 Å². The van der Waals surface area contributed by atoms with Gasteiger partial charge in [-0.2, -0.15) is 0 Å². The molecule has 1 aliphatic carbocycles. The highest BCUT2D eigenvalue weighted by atomic mass is 16.5. The molecule has 132 valence electrons. The number of rotatable bonds is 6. The topological polar surface area (TPSA) is 84.9 Å². The quantitative estimate of drug-likeness (QED) is 0.835. The number of ether oxygens (including phenoxy) is 2. The lowest BCUT2D eigenvalue weighted by molar-refractivity contribution is -0.149. The molecule has 1 amide bonds. The Labute approximate surface area is 142 Å². The maximum Gasteiger partial charge on any atom is 0.307 e. The van der Waals surface area contributed by atoms with E-state index in [1.54, 1.807) is 26.4 Å². The zero-order chi connectivity index (χ0) is 17.7. The van der Waals surface area contributed by atoms with Gasteiger partial charge in [0.15, 0.2) is 0 Å². The van der Waals surface area contributed by atoms with Gasteiger partial charge in [0.25, 0.3) is 0 Å². The lowest BCUT2D eigenvalue weighted by Gasteiger charge is -2.29. The van der Waals surface area contributed by atoms with Crippen LogP contribution < -0.4 is 14.8 Å². The lowest BCUT2D eigenvalue weighted by atomic mass is 9.78. The number of methoxy groups -OCH3 is 2. The summed E-state index contributed by atoms with van der Waals surface area (Å²) >= 11 is 0. The molecule has 1 aromatic carbocycles. The molecule has 0 aromatic heterocycles. The van der Waals surface area contributed by atoms with Crippen molar-refractivity contribution in [3.8, 4) is 11.5 Å². The van der Waals surface area contributed by atoms with Gasteiger partial charge in [-0.1, -0.05) is 12.8 Å². The van der Waals surface area contributed by atoms with Crippen LogP contribution in [0.15, 0.2) is 18.2 Å². The van der Waals surface area contributed by atoms with E-state index in [-0.39, 0.29) is 11.9 Å². The van der Waals surface area contributed by atoms with E-state index in [1.807, 2.05) is 13.0 Å². The number of carbonyl (C=O) groups is 2. The van der Waals surface area contributed by atoms with Crippen LogP contribution in [0.3, 0.4) is 0 Å². The number of aliphatic carboxylic acids is 1. The van der Waals surface area contributed by atoms with Crippen LogP contribution in [0.2, 0.25) is 0 Å². The lowest BCUT2D eigenvalue weighted by Crippen LogP contribution is -2.40. The summed E-state index contributed by atoms with van der Waals surface area (Å²) in [5.41, 5.74) is 0.799. The molecule has 2 rings (SSSR count). The monoisotopic (exact) mass is 335 g/mol. The SMILES string of the molecule is COc1ccc(OC)c([C@H](C)NC(=O)[C@H]2CCCC[C@@H]2C(=O)O)c1. The Bertz CT molecular complexity index is 601. The molecule has 3 atom stereocenters. The van der Waals surface area contributed by atoms with Crippen LogP contribution in [0.25, 0.3) is 0 Å². The van der Waals surface area contributed by atoms with Crippen LogP contribution in [0.4, 0.5) is 0 Å². The first-order chi connectivity index (χ1) is 11.5. The highest BCUT2D eigenvalue weighted by Gasteiger charge is 2.36. The number of carbonyl (C=O) groups excluding carboxylic acids is 1. The molecular weight excluding hydrogens is 310 g/mol. The van der Waals surface area contributed by atoms with Crippen molar-refractivity contribution in [1.29, 1.82) is 0 Å². The summed E-state index contributed by atoms with van der Waals surface area (Å²) in [6.45, 7) is 1.85. The summed E-state index contributed by atoms with van der Waals surface area (Å²) in [6.07, 6.45) is 2.92. The van der Waals surface area contributed by atoms with E-state index < -0.39 is 17.8 Å². The average Bonchev–Trinajstić information content (AvgIpc) is 2.60. The molecule has 0 heterocycles. The average molecular weight is 335 g/mol. The Balaban J connectivity index is 2.14. The van der Waals surface area contributed by atoms with Gasteiger partial charge in [-0.25, -0.2) is 0 Å². The molecule has 0 unspecified atom stereocenters. The second kappa shape index (κ2) is 8.04. The molecule has 0 aliphatic heterocycles. The molecule has 0 radical (unpaired) electrons. The van der Waals surface area contributed by atoms with Gasteiger partial charge in [-0.3, -0.25) is 9.59 Å². The number of carboxylic acid groups (broad SMARTS) is 1. The van der Waals surface area contributed by atoms with E-state index in [4.69, 9.17) is 9.47 Å². The molecule has 24 heavy (non-hydrogen) atoms. The Hall–Kier alpha value is -2.24. The number of hydrogen-bond donors (Lipinski definition) is 2. The van der Waals surface area contributed by atoms with Gasteiger partial charge in [0.1, 0.15) is 11.5 Å². The van der Waals surface area contributed by atoms with Gasteiger partial charge in [-0.15, -0.1) is 0 Å². The molecule has 1 fully saturated rings. The number of benzene rings is 1. The highest BCUT2D eigenvalue weighted by Crippen LogP contribution is 2.33. The fraction of sp³-hybridized carbons (Fsp3) is 0.556. The number of nitrogens with one attached hydrogen (secondary N) is 1. The van der Waals surface area contributed by atoms with Crippen LogP contribution in [0.1, 0.15) is 44.2 Å². The molecule has 1 aromatic rings. The maximum atomic E-state index is 12.6. The second-order valence-corrected chi connectivity index (χ2v) is 6.17. The van der Waals surface area contributed by atoms with Gasteiger partial charge in [0.05, 0.1) is 32.1 Å². The summed E-state index contributed by atoms with van der Waals surface area (Å²) in [5.74, 6) is -0.843. The minimum Gasteiger partial charge on any atom is -0.497 e. The molecule has 0 bridgehead atoms. The number of amides is 1. The Kier molecular flexibility index (Phi) is 6.06. The molecule has 1 saturated carbocycles. The predicted octanol–water partition coefficient (Wildman–Crippen LogP) is 2.77. The minimum absolute atomic E-state index is 0.209. The third kappa shape index (κ3) is 3.99. The van der Waals surface area contributed by atoms with Gasteiger partial charge in [0, 0.05) is 5.56 Å². The van der Waals surface area contributed by atoms with Crippen molar-refractivity contribution in [2.24, 2.45) is 11.8 Å². The highest BCUT2D eigenvalue weighted by molar-refractivity contribution is 5.85. The van der Waals surface area contributed by atoms with E-state index in [9.17, 15) is 14.7 Å². The Morgan fingerprint density at radius 3 is 2.42 bits per heavy atom. The van der Waals surface area contributed by atoms with Crippen LogP contribution >= 0.6 is 0 Å². The molecule has 0 saturated heterocycles. The van der Waals surface area contributed by atoms with Crippen molar-refractivity contribution >= 4 is 11.9 Å². The molecule has 6 heteroatoms. The predicted molar refractivity (Wildman–Crippen MR) is 89.2 cm³/mol. The van der Waals surface area contributed by atoms with Gasteiger partial charge < -0.3 is 19.9 Å². The van der Waals surface area contributed by atoms with Crippen LogP contribution in [0, 0.1) is 11.8 Å². The van der Waals surface area contributed by atoms with Crippen molar-refractivity contribution in [2.75, 3.05) is 14.2 Å². The Morgan fingerprint density at radius 2 is 1.83 bits per heavy atom. The molecule has 2 N–H and O–H groups in total. The smallest absolute Gasteiger partial charge is 0.307 e. The van der Waals surface area contributed by atoms with E-state index in [1.165, 1.54) is 0 Å². The second-order valence-electron chi connectivity index (χ2n) is 6.17. The molecule has 0 spiro atoms. The zero-order valence-corrected chi connectivity index (χ0v) is 14.4. The first kappa shape index (κ1) is 18.1. The largest absolute Gasteiger partial charge is 0.497 e. The normalized spacial score (nSPS) is 21.6. The molecule has 6 nitrogen and oxygen atoms in total. The van der Waals surface area contributed by atoms with Crippen molar-refractivity contribution in [3.63, 3.8) is 0 Å². The third-order valence-electron chi connectivity index (χ3n) is 4.68. The first-order valence-corrected chi connectivity index (χ1v) is 8.23. The number of carboxylic acids is 1. The van der Waals surface area contributed by atoms with E-state index >= 15 is 0 Å². The minimum atomic E-state index is -0.888. The summed E-state index contributed by atoms with van der Waals surface area (Å²) in [7, 11) is 3.15. The van der Waals surface area contributed by atoms with Crippen molar-refractivity contribution in [2.45, 2.75) is 38.6 Å². The Morgan fingerprint density at radius 1 is 1.17 bits per heavy atom. The van der Waals surface area contributed by atoms with E-state index in [0.717, 1.165) is 18.4 Å². The summed E-state index contributed by atoms with van der Waals surface area (Å²) in [5, 5.41) is 12.3. The first-order valence-electron chi connectivity index (χ1n) is 8.23. The van der Waals surface area contributed by atoms with Crippen LogP contribution in [-0.2, 0) is 9.59 Å². The third-order valence-corrected chi connectivity index (χ3v) is 4.68. The summed E-state index contributed by atoms with van der Waals surface area (Å²) in [6, 6.07) is 5.09. The summed E-state index contributed by atoms with van der Waals surface area (Å²) in [4.78, 5) is 24.0. The van der Waals surface area contributed by atoms with Crippen molar-refractivity contribution < 1.29 is 24.2 Å². The van der Waals surface area contributed by atoms with Crippen molar-refractivity contribution in [3.05, 3.63) is 23.8 Å². The molecule has 1 aliphatic rings. The standard InChI is InChI=1S/C18H25NO5/c1-11(15-10-12(23-2)8-9-16(15)24-3)19-17(20)13-6-4-5-7-14(13)18(21)22/h8-11,13-14H,4-7H2,1-3H3,(H,19,20)(H,21,22)/t11-,13-,14-/m0/s1. The van der Waals surface area contributed by atoms with Crippen LogP contribution in [-0.4, -0.2) is 31.2 Å². The fourth-order valence-electron chi connectivity index (χ4n) is 3.32. The maximum absolute atomic E-state index is 12.6. The van der Waals surface area contributed by atoms with Gasteiger partial charge in [0.2, 0.25) is 5.91 Å².